The second kappa shape index (κ2) is 9.94. The number of hydrogen-bond donors (Lipinski definition) is 1. The quantitative estimate of drug-likeness (QED) is 0.454. The number of halogens is 2. The molecule has 170 valence electrons. The highest BCUT2D eigenvalue weighted by Crippen LogP contribution is 2.40. The van der Waals surface area contributed by atoms with Crippen LogP contribution in [-0.2, 0) is 11.0 Å². The maximum atomic E-state index is 11.2. The number of likely N-dealkylation sites (tertiary alicyclic amines) is 1. The smallest absolute Gasteiger partial charge is 0.192 e. The topological polar surface area (TPSA) is 32.7 Å². The molecular weight excluding hydrogens is 445 g/mol. The van der Waals surface area contributed by atoms with Gasteiger partial charge in [0.1, 0.15) is 0 Å². The van der Waals surface area contributed by atoms with Gasteiger partial charge in [0, 0.05) is 31.5 Å². The minimum absolute atomic E-state index is 0.0747. The van der Waals surface area contributed by atoms with Crippen molar-refractivity contribution in [1.29, 1.82) is 0 Å². The maximum absolute atomic E-state index is 11.2. The van der Waals surface area contributed by atoms with Crippen LogP contribution in [0.2, 0.25) is 28.2 Å². The first kappa shape index (κ1) is 24.8. The van der Waals surface area contributed by atoms with Crippen molar-refractivity contribution in [3.63, 3.8) is 0 Å². The van der Waals surface area contributed by atoms with E-state index in [2.05, 4.69) is 63.0 Å². The average molecular weight is 481 g/mol. The molecule has 3 atom stereocenters. The lowest BCUT2D eigenvalue weighted by Gasteiger charge is -2.37. The molecule has 2 aromatic rings. The summed E-state index contributed by atoms with van der Waals surface area (Å²) in [5.74, 6) is 0.252. The van der Waals surface area contributed by atoms with Crippen LogP contribution in [0.4, 0.5) is 0 Å². The van der Waals surface area contributed by atoms with Gasteiger partial charge >= 0.3 is 0 Å². The predicted molar refractivity (Wildman–Crippen MR) is 134 cm³/mol. The van der Waals surface area contributed by atoms with E-state index < -0.39 is 14.4 Å². The van der Waals surface area contributed by atoms with Gasteiger partial charge in [0.25, 0.3) is 0 Å². The normalized spacial score (nSPS) is 21.4. The molecule has 1 aliphatic heterocycles. The number of hydrogen-bond acceptors (Lipinski definition) is 3. The SMILES string of the molecule is CC(C)(C)[Si](C)(C)OC[C@@H](O)[C@H]1CN(Cc2ccccc2)C[C@@H]1c1ccc(Cl)c(Cl)c1. The number of nitrogens with zero attached hydrogens (tertiary/aromatic N) is 1. The van der Waals surface area contributed by atoms with E-state index in [4.69, 9.17) is 27.6 Å². The third-order valence-corrected chi connectivity index (χ3v) is 12.2. The zero-order valence-corrected chi connectivity index (χ0v) is 21.7. The molecule has 31 heavy (non-hydrogen) atoms. The van der Waals surface area contributed by atoms with Crippen molar-refractivity contribution < 1.29 is 9.53 Å². The van der Waals surface area contributed by atoms with Crippen molar-refractivity contribution in [2.45, 2.75) is 57.5 Å². The monoisotopic (exact) mass is 479 g/mol. The summed E-state index contributed by atoms with van der Waals surface area (Å²) in [6, 6.07) is 16.3. The van der Waals surface area contributed by atoms with Crippen LogP contribution in [0.1, 0.15) is 37.8 Å². The van der Waals surface area contributed by atoms with E-state index in [0.717, 1.165) is 25.2 Å². The zero-order valence-electron chi connectivity index (χ0n) is 19.2. The van der Waals surface area contributed by atoms with Gasteiger partial charge in [-0.15, -0.1) is 0 Å². The molecule has 1 heterocycles. The van der Waals surface area contributed by atoms with E-state index in [9.17, 15) is 5.11 Å². The summed E-state index contributed by atoms with van der Waals surface area (Å²) in [6.07, 6.45) is -0.533. The summed E-state index contributed by atoms with van der Waals surface area (Å²) < 4.78 is 6.37. The Balaban J connectivity index is 1.78. The molecular formula is C25H35Cl2NO2Si. The van der Waals surface area contributed by atoms with Crippen LogP contribution in [0.5, 0.6) is 0 Å². The first-order valence-electron chi connectivity index (χ1n) is 11.0. The van der Waals surface area contributed by atoms with Crippen LogP contribution in [0.25, 0.3) is 0 Å². The molecule has 0 saturated carbocycles. The molecule has 0 radical (unpaired) electrons. The Morgan fingerprint density at radius 3 is 2.35 bits per heavy atom. The highest BCUT2D eigenvalue weighted by molar-refractivity contribution is 6.74. The summed E-state index contributed by atoms with van der Waals surface area (Å²) in [4.78, 5) is 2.42. The third kappa shape index (κ3) is 6.13. The lowest BCUT2D eigenvalue weighted by Crippen LogP contribution is -2.44. The van der Waals surface area contributed by atoms with Crippen molar-refractivity contribution in [3.8, 4) is 0 Å². The van der Waals surface area contributed by atoms with Crippen molar-refractivity contribution in [2.75, 3.05) is 19.7 Å². The second-order valence-corrected chi connectivity index (χ2v) is 15.9. The molecule has 1 saturated heterocycles. The summed E-state index contributed by atoms with van der Waals surface area (Å²) in [5, 5.41) is 12.5. The molecule has 6 heteroatoms. The molecule has 3 nitrogen and oxygen atoms in total. The summed E-state index contributed by atoms with van der Waals surface area (Å²) in [6.45, 7) is 14.1. The minimum Gasteiger partial charge on any atom is -0.414 e. The minimum atomic E-state index is -1.93. The third-order valence-electron chi connectivity index (χ3n) is 6.98. The lowest BCUT2D eigenvalue weighted by atomic mass is 9.85. The van der Waals surface area contributed by atoms with Crippen LogP contribution in [0.3, 0.4) is 0 Å². The Kier molecular flexibility index (Phi) is 7.94. The molecule has 1 fully saturated rings. The van der Waals surface area contributed by atoms with Crippen LogP contribution in [0.15, 0.2) is 48.5 Å². The van der Waals surface area contributed by atoms with Crippen molar-refractivity contribution in [1.82, 2.24) is 4.90 Å². The molecule has 0 unspecified atom stereocenters. The zero-order chi connectivity index (χ0) is 22.8. The van der Waals surface area contributed by atoms with E-state index in [0.29, 0.717) is 16.7 Å². The molecule has 1 N–H and O–H groups in total. The van der Waals surface area contributed by atoms with Crippen molar-refractivity contribution in [2.24, 2.45) is 5.92 Å². The van der Waals surface area contributed by atoms with Gasteiger partial charge < -0.3 is 9.53 Å². The maximum Gasteiger partial charge on any atom is 0.192 e. The van der Waals surface area contributed by atoms with E-state index in [1.54, 1.807) is 0 Å². The van der Waals surface area contributed by atoms with E-state index in [-0.39, 0.29) is 16.9 Å². The molecule has 0 aliphatic carbocycles. The van der Waals surface area contributed by atoms with Gasteiger partial charge in [0.2, 0.25) is 0 Å². The number of aliphatic hydroxyl groups excluding tert-OH is 1. The van der Waals surface area contributed by atoms with Crippen LogP contribution in [0, 0.1) is 5.92 Å². The number of benzene rings is 2. The number of rotatable bonds is 7. The fourth-order valence-electron chi connectivity index (χ4n) is 4.00. The largest absolute Gasteiger partial charge is 0.414 e. The molecule has 0 spiro atoms. The Labute approximate surface area is 198 Å². The van der Waals surface area contributed by atoms with Crippen molar-refractivity contribution in [3.05, 3.63) is 69.7 Å². The number of aliphatic hydroxyl groups is 1. The fourth-order valence-corrected chi connectivity index (χ4v) is 5.33. The molecule has 1 aliphatic rings. The molecule has 3 rings (SSSR count). The van der Waals surface area contributed by atoms with E-state index in [1.807, 2.05) is 24.3 Å². The highest BCUT2D eigenvalue weighted by atomic mass is 35.5. The molecule has 0 bridgehead atoms. The summed E-state index contributed by atoms with van der Waals surface area (Å²) in [7, 11) is -1.93. The van der Waals surface area contributed by atoms with Gasteiger partial charge in [0.15, 0.2) is 8.32 Å². The van der Waals surface area contributed by atoms with Crippen LogP contribution in [-0.4, -0.2) is 44.1 Å². The highest BCUT2D eigenvalue weighted by Gasteiger charge is 2.41. The van der Waals surface area contributed by atoms with Crippen LogP contribution >= 0.6 is 23.2 Å². The Hall–Kier alpha value is -0.883. The average Bonchev–Trinajstić information content (AvgIpc) is 3.12. The second-order valence-electron chi connectivity index (χ2n) is 10.3. The van der Waals surface area contributed by atoms with Crippen molar-refractivity contribution >= 4 is 31.5 Å². The fraction of sp³-hybridized carbons (Fsp3) is 0.520. The van der Waals surface area contributed by atoms with Gasteiger partial charge in [-0.1, -0.05) is 80.4 Å². The predicted octanol–water partition coefficient (Wildman–Crippen LogP) is 6.59. The molecule has 0 aromatic heterocycles. The first-order valence-corrected chi connectivity index (χ1v) is 14.7. The standard InChI is InChI=1S/C25H35Cl2NO2Si/c1-25(2,3)31(4,5)30-17-24(29)21-16-28(14-18-9-7-6-8-10-18)15-20(21)19-11-12-22(26)23(27)13-19/h6-13,20-21,24,29H,14-17H2,1-5H3/t20-,21+,24-/m1/s1. The van der Waals surface area contributed by atoms with E-state index >= 15 is 0 Å². The van der Waals surface area contributed by atoms with Gasteiger partial charge in [-0.3, -0.25) is 4.90 Å². The first-order chi connectivity index (χ1) is 14.5. The van der Waals surface area contributed by atoms with Gasteiger partial charge in [-0.25, -0.2) is 0 Å². The molecule has 0 amide bonds. The lowest BCUT2D eigenvalue weighted by molar-refractivity contribution is 0.0489. The Morgan fingerprint density at radius 2 is 1.74 bits per heavy atom. The summed E-state index contributed by atoms with van der Waals surface area (Å²) in [5.41, 5.74) is 2.41. The Morgan fingerprint density at radius 1 is 1.06 bits per heavy atom. The summed E-state index contributed by atoms with van der Waals surface area (Å²) >= 11 is 12.5. The van der Waals surface area contributed by atoms with Gasteiger partial charge in [-0.2, -0.15) is 0 Å². The van der Waals surface area contributed by atoms with Crippen LogP contribution < -0.4 is 0 Å². The van der Waals surface area contributed by atoms with Gasteiger partial charge in [0.05, 0.1) is 22.8 Å². The Bertz CT molecular complexity index is 870. The molecule has 2 aromatic carbocycles. The van der Waals surface area contributed by atoms with Gasteiger partial charge in [-0.05, 0) is 41.4 Å². The van der Waals surface area contributed by atoms with E-state index in [1.165, 1.54) is 5.56 Å².